The zero-order valence-corrected chi connectivity index (χ0v) is 13.3. The molecule has 22 heavy (non-hydrogen) atoms. The van der Waals surface area contributed by atoms with E-state index >= 15 is 0 Å². The smallest absolute Gasteiger partial charge is 0.274 e. The first-order valence-corrected chi connectivity index (χ1v) is 7.79. The fourth-order valence-corrected chi connectivity index (χ4v) is 2.75. The summed E-state index contributed by atoms with van der Waals surface area (Å²) in [7, 11) is 0. The van der Waals surface area contributed by atoms with Crippen molar-refractivity contribution in [1.82, 2.24) is 14.9 Å². The Morgan fingerprint density at radius 1 is 1.32 bits per heavy atom. The van der Waals surface area contributed by atoms with Crippen molar-refractivity contribution in [2.75, 3.05) is 50.9 Å². The fourth-order valence-electron chi connectivity index (χ4n) is 2.58. The van der Waals surface area contributed by atoms with Crippen LogP contribution in [0.15, 0.2) is 6.20 Å². The monoisotopic (exact) mass is 326 g/mol. The first-order chi connectivity index (χ1) is 10.6. The van der Waals surface area contributed by atoms with Crippen LogP contribution in [0.5, 0.6) is 0 Å². The average Bonchev–Trinajstić information content (AvgIpc) is 2.55. The second-order valence-corrected chi connectivity index (χ2v) is 5.81. The highest BCUT2D eigenvalue weighted by atomic mass is 35.5. The molecule has 0 bridgehead atoms. The van der Waals surface area contributed by atoms with Crippen LogP contribution in [0.1, 0.15) is 17.4 Å². The standard InChI is InChI=1S/C14H19ClN4O3/c1-10-9-19(4-7-22-10)13(20)12-11(15)8-16-14(17-12)18-2-5-21-6-3-18/h8,10H,2-7,9H2,1H3. The number of ether oxygens (including phenoxy) is 2. The van der Waals surface area contributed by atoms with E-state index in [2.05, 4.69) is 9.97 Å². The van der Waals surface area contributed by atoms with Gasteiger partial charge in [-0.1, -0.05) is 11.6 Å². The Morgan fingerprint density at radius 2 is 2.09 bits per heavy atom. The van der Waals surface area contributed by atoms with Gasteiger partial charge in [-0.15, -0.1) is 0 Å². The van der Waals surface area contributed by atoms with Gasteiger partial charge < -0.3 is 19.3 Å². The highest BCUT2D eigenvalue weighted by Crippen LogP contribution is 2.20. The van der Waals surface area contributed by atoms with Crippen molar-refractivity contribution in [3.63, 3.8) is 0 Å². The normalized spacial score (nSPS) is 22.7. The van der Waals surface area contributed by atoms with Gasteiger partial charge in [0.05, 0.1) is 37.1 Å². The van der Waals surface area contributed by atoms with Crippen LogP contribution in [-0.2, 0) is 9.47 Å². The number of carbonyl (C=O) groups excluding carboxylic acids is 1. The zero-order chi connectivity index (χ0) is 15.5. The Bertz CT molecular complexity index is 551. The third kappa shape index (κ3) is 3.31. The van der Waals surface area contributed by atoms with Crippen LogP contribution in [0.25, 0.3) is 0 Å². The van der Waals surface area contributed by atoms with Gasteiger partial charge in [0.2, 0.25) is 5.95 Å². The minimum Gasteiger partial charge on any atom is -0.378 e. The summed E-state index contributed by atoms with van der Waals surface area (Å²) >= 11 is 6.14. The molecule has 1 aromatic rings. The second kappa shape index (κ2) is 6.76. The molecule has 2 aliphatic heterocycles. The van der Waals surface area contributed by atoms with Crippen molar-refractivity contribution in [2.45, 2.75) is 13.0 Å². The summed E-state index contributed by atoms with van der Waals surface area (Å²) in [5, 5.41) is 0.279. The minimum absolute atomic E-state index is 0.0250. The molecule has 1 atom stereocenters. The molecule has 2 fully saturated rings. The molecule has 2 aliphatic rings. The van der Waals surface area contributed by atoms with Gasteiger partial charge in [-0.2, -0.15) is 0 Å². The molecule has 2 saturated heterocycles. The Hall–Kier alpha value is -1.44. The van der Waals surface area contributed by atoms with Gasteiger partial charge in [0.1, 0.15) is 0 Å². The molecule has 3 rings (SSSR count). The minimum atomic E-state index is -0.169. The van der Waals surface area contributed by atoms with Crippen LogP contribution >= 0.6 is 11.6 Å². The van der Waals surface area contributed by atoms with Crippen LogP contribution in [0.4, 0.5) is 5.95 Å². The van der Waals surface area contributed by atoms with E-state index in [9.17, 15) is 4.79 Å². The third-order valence-electron chi connectivity index (χ3n) is 3.76. The molecule has 0 aromatic carbocycles. The summed E-state index contributed by atoms with van der Waals surface area (Å²) in [5.41, 5.74) is 0.257. The highest BCUT2D eigenvalue weighted by Gasteiger charge is 2.26. The molecule has 8 heteroatoms. The molecule has 0 N–H and O–H groups in total. The summed E-state index contributed by atoms with van der Waals surface area (Å²) in [5.74, 6) is 0.356. The molecular formula is C14H19ClN4O3. The Balaban J connectivity index is 1.81. The molecule has 3 heterocycles. The lowest BCUT2D eigenvalue weighted by atomic mass is 10.2. The number of amides is 1. The van der Waals surface area contributed by atoms with Gasteiger partial charge in [-0.05, 0) is 6.92 Å². The number of aromatic nitrogens is 2. The maximum atomic E-state index is 12.7. The van der Waals surface area contributed by atoms with E-state index < -0.39 is 0 Å². The first kappa shape index (κ1) is 15.5. The Kier molecular flexibility index (Phi) is 4.75. The van der Waals surface area contributed by atoms with Crippen LogP contribution in [0, 0.1) is 0 Å². The van der Waals surface area contributed by atoms with Gasteiger partial charge >= 0.3 is 0 Å². The molecule has 0 saturated carbocycles. The van der Waals surface area contributed by atoms with E-state index in [0.29, 0.717) is 51.9 Å². The second-order valence-electron chi connectivity index (χ2n) is 5.40. The SMILES string of the molecule is CC1CN(C(=O)c2nc(N3CCOCC3)ncc2Cl)CCO1. The number of hydrogen-bond donors (Lipinski definition) is 0. The highest BCUT2D eigenvalue weighted by molar-refractivity contribution is 6.33. The zero-order valence-electron chi connectivity index (χ0n) is 12.5. The summed E-state index contributed by atoms with van der Waals surface area (Å²) in [4.78, 5) is 25.0. The van der Waals surface area contributed by atoms with Gasteiger partial charge in [0.25, 0.3) is 5.91 Å². The Morgan fingerprint density at radius 3 is 2.82 bits per heavy atom. The van der Waals surface area contributed by atoms with Crippen molar-refractivity contribution in [3.8, 4) is 0 Å². The van der Waals surface area contributed by atoms with E-state index in [1.165, 1.54) is 6.20 Å². The molecule has 0 radical (unpaired) electrons. The van der Waals surface area contributed by atoms with Gasteiger partial charge in [0, 0.05) is 26.2 Å². The summed E-state index contributed by atoms with van der Waals surface area (Å²) in [6.45, 7) is 6.27. The first-order valence-electron chi connectivity index (χ1n) is 7.41. The summed E-state index contributed by atoms with van der Waals surface area (Å²) in [6.07, 6.45) is 1.52. The molecule has 1 aromatic heterocycles. The van der Waals surface area contributed by atoms with E-state index in [1.54, 1.807) is 4.90 Å². The Labute approximate surface area is 134 Å². The lowest BCUT2D eigenvalue weighted by Crippen LogP contribution is -2.45. The van der Waals surface area contributed by atoms with E-state index in [1.807, 2.05) is 11.8 Å². The molecular weight excluding hydrogens is 308 g/mol. The summed E-state index contributed by atoms with van der Waals surface area (Å²) < 4.78 is 10.8. The largest absolute Gasteiger partial charge is 0.378 e. The average molecular weight is 327 g/mol. The molecule has 120 valence electrons. The van der Waals surface area contributed by atoms with Crippen molar-refractivity contribution >= 4 is 23.5 Å². The molecule has 1 amide bonds. The predicted octanol–water partition coefficient (Wildman–Crippen LogP) is 0.827. The van der Waals surface area contributed by atoms with Crippen LogP contribution in [0.3, 0.4) is 0 Å². The molecule has 1 unspecified atom stereocenters. The molecule has 0 spiro atoms. The van der Waals surface area contributed by atoms with E-state index in [-0.39, 0.29) is 22.7 Å². The van der Waals surface area contributed by atoms with E-state index in [0.717, 1.165) is 0 Å². The van der Waals surface area contributed by atoms with Gasteiger partial charge in [0.15, 0.2) is 5.69 Å². The van der Waals surface area contributed by atoms with Crippen LogP contribution in [-0.4, -0.2) is 72.9 Å². The maximum Gasteiger partial charge on any atom is 0.274 e. The number of nitrogens with zero attached hydrogens (tertiary/aromatic N) is 4. The van der Waals surface area contributed by atoms with Crippen LogP contribution in [0.2, 0.25) is 5.02 Å². The number of anilines is 1. The molecule has 0 aliphatic carbocycles. The number of halogens is 1. The quantitative estimate of drug-likeness (QED) is 0.802. The number of morpholine rings is 2. The van der Waals surface area contributed by atoms with Crippen LogP contribution < -0.4 is 4.90 Å². The maximum absolute atomic E-state index is 12.7. The topological polar surface area (TPSA) is 67.8 Å². The van der Waals surface area contributed by atoms with Crippen molar-refractivity contribution < 1.29 is 14.3 Å². The fraction of sp³-hybridized carbons (Fsp3) is 0.643. The van der Waals surface area contributed by atoms with Crippen molar-refractivity contribution in [3.05, 3.63) is 16.9 Å². The van der Waals surface area contributed by atoms with E-state index in [4.69, 9.17) is 21.1 Å². The predicted molar refractivity (Wildman–Crippen MR) is 81.4 cm³/mol. The lowest BCUT2D eigenvalue weighted by molar-refractivity contribution is -0.0126. The summed E-state index contributed by atoms with van der Waals surface area (Å²) in [6, 6.07) is 0. The van der Waals surface area contributed by atoms with Gasteiger partial charge in [-0.3, -0.25) is 4.79 Å². The number of rotatable bonds is 2. The number of hydrogen-bond acceptors (Lipinski definition) is 6. The lowest BCUT2D eigenvalue weighted by Gasteiger charge is -2.31. The van der Waals surface area contributed by atoms with Crippen molar-refractivity contribution in [2.24, 2.45) is 0 Å². The number of carbonyl (C=O) groups is 1. The third-order valence-corrected chi connectivity index (χ3v) is 4.03. The van der Waals surface area contributed by atoms with Crippen molar-refractivity contribution in [1.29, 1.82) is 0 Å². The molecule has 7 nitrogen and oxygen atoms in total. The van der Waals surface area contributed by atoms with Gasteiger partial charge in [-0.25, -0.2) is 9.97 Å².